The first-order chi connectivity index (χ1) is 8.60. The molecular formula is C13H15NO4. The number of ether oxygens (including phenoxy) is 1. The van der Waals surface area contributed by atoms with Gasteiger partial charge in [0.1, 0.15) is 6.10 Å². The van der Waals surface area contributed by atoms with Gasteiger partial charge in [-0.1, -0.05) is 24.3 Å². The van der Waals surface area contributed by atoms with E-state index in [1.54, 1.807) is 30.3 Å². The van der Waals surface area contributed by atoms with E-state index in [1.807, 2.05) is 0 Å². The minimum atomic E-state index is -1.19. The van der Waals surface area contributed by atoms with Crippen LogP contribution in [0.2, 0.25) is 0 Å². The Morgan fingerprint density at radius 3 is 2.72 bits per heavy atom. The van der Waals surface area contributed by atoms with Gasteiger partial charge in [-0.15, -0.1) is 0 Å². The number of carbonyl (C=O) groups is 1. The van der Waals surface area contributed by atoms with Crippen molar-refractivity contribution in [2.45, 2.75) is 25.0 Å². The fourth-order valence-electron chi connectivity index (χ4n) is 1.62. The molecule has 0 fully saturated rings. The lowest BCUT2D eigenvalue weighted by Gasteiger charge is -2.18. The summed E-state index contributed by atoms with van der Waals surface area (Å²) in [6, 6.07) is 8.50. The minimum Gasteiger partial charge on any atom is -0.469 e. The van der Waals surface area contributed by atoms with Gasteiger partial charge < -0.3 is 14.9 Å². The lowest BCUT2D eigenvalue weighted by Crippen LogP contribution is -2.19. The first-order valence-electron chi connectivity index (χ1n) is 5.47. The molecule has 96 valence electrons. The molecule has 0 amide bonds. The van der Waals surface area contributed by atoms with Gasteiger partial charge in [0.25, 0.3) is 0 Å². The molecule has 0 radical (unpaired) electrons. The maximum absolute atomic E-state index is 11.2. The highest BCUT2D eigenvalue weighted by Gasteiger charge is 2.21. The Labute approximate surface area is 105 Å². The zero-order chi connectivity index (χ0) is 13.5. The molecule has 1 aromatic carbocycles. The summed E-state index contributed by atoms with van der Waals surface area (Å²) in [6.45, 7) is 0. The topological polar surface area (TPSA) is 90.6 Å². The van der Waals surface area contributed by atoms with Gasteiger partial charge in [-0.2, -0.15) is 5.26 Å². The van der Waals surface area contributed by atoms with Gasteiger partial charge in [-0.05, 0) is 11.1 Å². The number of nitriles is 1. The maximum atomic E-state index is 11.2. The Balaban J connectivity index is 2.94. The summed E-state index contributed by atoms with van der Waals surface area (Å²) >= 11 is 0. The monoisotopic (exact) mass is 249 g/mol. The molecule has 5 nitrogen and oxygen atoms in total. The largest absolute Gasteiger partial charge is 0.469 e. The van der Waals surface area contributed by atoms with Crippen LogP contribution in [-0.4, -0.2) is 29.4 Å². The minimum absolute atomic E-state index is 0.0169. The number of nitrogens with zero attached hydrogens (tertiary/aromatic N) is 1. The standard InChI is InChI=1S/C13H15NO4/c1-18-12(16)8-9-4-2-3-5-10(9)13(17)11(15)6-7-14/h2-5,11,13,15,17H,6,8H2,1H3. The molecule has 1 rings (SSSR count). The number of carbonyl (C=O) groups excluding carboxylic acids is 1. The van der Waals surface area contributed by atoms with Crippen molar-refractivity contribution in [1.29, 1.82) is 5.26 Å². The maximum Gasteiger partial charge on any atom is 0.309 e. The number of esters is 1. The molecule has 1 aromatic rings. The van der Waals surface area contributed by atoms with E-state index in [0.717, 1.165) is 0 Å². The number of hydrogen-bond donors (Lipinski definition) is 2. The lowest BCUT2D eigenvalue weighted by atomic mass is 9.96. The fraction of sp³-hybridized carbons (Fsp3) is 0.385. The fourth-order valence-corrected chi connectivity index (χ4v) is 1.62. The van der Waals surface area contributed by atoms with Crippen molar-refractivity contribution in [2.24, 2.45) is 0 Å². The van der Waals surface area contributed by atoms with Crippen molar-refractivity contribution >= 4 is 5.97 Å². The summed E-state index contributed by atoms with van der Waals surface area (Å²) in [5.74, 6) is -0.426. The van der Waals surface area contributed by atoms with Gasteiger partial charge in [-0.25, -0.2) is 0 Å². The summed E-state index contributed by atoms with van der Waals surface area (Å²) in [7, 11) is 1.28. The Morgan fingerprint density at radius 2 is 2.11 bits per heavy atom. The molecule has 0 bridgehead atoms. The number of aliphatic hydroxyl groups excluding tert-OH is 2. The van der Waals surface area contributed by atoms with Crippen molar-refractivity contribution < 1.29 is 19.7 Å². The van der Waals surface area contributed by atoms with Crippen LogP contribution >= 0.6 is 0 Å². The van der Waals surface area contributed by atoms with Gasteiger partial charge in [0.15, 0.2) is 0 Å². The smallest absolute Gasteiger partial charge is 0.309 e. The molecule has 5 heteroatoms. The summed E-state index contributed by atoms with van der Waals surface area (Å²) in [6.07, 6.45) is -2.52. The molecule has 0 heterocycles. The van der Waals surface area contributed by atoms with Crippen LogP contribution in [0.25, 0.3) is 0 Å². The summed E-state index contributed by atoms with van der Waals surface area (Å²) < 4.78 is 4.56. The molecule has 0 saturated heterocycles. The van der Waals surface area contributed by atoms with E-state index in [0.29, 0.717) is 11.1 Å². The number of benzene rings is 1. The average Bonchev–Trinajstić information content (AvgIpc) is 2.38. The summed E-state index contributed by atoms with van der Waals surface area (Å²) in [5, 5.41) is 28.0. The number of hydrogen-bond acceptors (Lipinski definition) is 5. The number of methoxy groups -OCH3 is 1. The molecule has 0 aliphatic heterocycles. The zero-order valence-electron chi connectivity index (χ0n) is 10.0. The second kappa shape index (κ2) is 6.74. The van der Waals surface area contributed by atoms with Crippen LogP contribution in [0.4, 0.5) is 0 Å². The van der Waals surface area contributed by atoms with Gasteiger partial charge in [0.05, 0.1) is 32.1 Å². The van der Waals surface area contributed by atoms with E-state index >= 15 is 0 Å². The van der Waals surface area contributed by atoms with Crippen LogP contribution in [0.3, 0.4) is 0 Å². The third-order valence-corrected chi connectivity index (χ3v) is 2.60. The van der Waals surface area contributed by atoms with Crippen LogP contribution in [-0.2, 0) is 16.0 Å². The molecule has 18 heavy (non-hydrogen) atoms. The molecule has 0 aliphatic rings. The van der Waals surface area contributed by atoms with Crippen molar-refractivity contribution in [3.05, 3.63) is 35.4 Å². The van der Waals surface area contributed by atoms with Gasteiger partial charge in [0.2, 0.25) is 0 Å². The van der Waals surface area contributed by atoms with Gasteiger partial charge in [-0.3, -0.25) is 4.79 Å². The van der Waals surface area contributed by atoms with Crippen molar-refractivity contribution in [3.63, 3.8) is 0 Å². The third kappa shape index (κ3) is 3.55. The SMILES string of the molecule is COC(=O)Cc1ccccc1C(O)C(O)CC#N. The normalized spacial score (nSPS) is 13.4. The Morgan fingerprint density at radius 1 is 1.44 bits per heavy atom. The van der Waals surface area contributed by atoms with Gasteiger partial charge in [0, 0.05) is 0 Å². The third-order valence-electron chi connectivity index (χ3n) is 2.60. The van der Waals surface area contributed by atoms with Gasteiger partial charge >= 0.3 is 5.97 Å². The van der Waals surface area contributed by atoms with E-state index in [-0.39, 0.29) is 12.8 Å². The molecule has 0 saturated carbocycles. The second-order valence-electron chi connectivity index (χ2n) is 3.83. The van der Waals surface area contributed by atoms with E-state index in [9.17, 15) is 15.0 Å². The van der Waals surface area contributed by atoms with E-state index in [1.165, 1.54) is 7.11 Å². The quantitative estimate of drug-likeness (QED) is 0.750. The molecule has 2 N–H and O–H groups in total. The highest BCUT2D eigenvalue weighted by atomic mass is 16.5. The Hall–Kier alpha value is -1.90. The first-order valence-corrected chi connectivity index (χ1v) is 5.47. The predicted octanol–water partition coefficient (Wildman–Crippen LogP) is 0.710. The Bertz CT molecular complexity index is 453. The second-order valence-corrected chi connectivity index (χ2v) is 3.83. The molecule has 0 spiro atoms. The molecule has 0 aliphatic carbocycles. The average molecular weight is 249 g/mol. The highest BCUT2D eigenvalue weighted by molar-refractivity contribution is 5.72. The van der Waals surface area contributed by atoms with E-state index in [4.69, 9.17) is 5.26 Å². The summed E-state index contributed by atoms with van der Waals surface area (Å²) in [4.78, 5) is 11.2. The molecular weight excluding hydrogens is 234 g/mol. The van der Waals surface area contributed by atoms with Crippen molar-refractivity contribution in [1.82, 2.24) is 0 Å². The van der Waals surface area contributed by atoms with Crippen LogP contribution in [0.1, 0.15) is 23.7 Å². The lowest BCUT2D eigenvalue weighted by molar-refractivity contribution is -0.139. The van der Waals surface area contributed by atoms with Crippen molar-refractivity contribution in [2.75, 3.05) is 7.11 Å². The van der Waals surface area contributed by atoms with Crippen molar-refractivity contribution in [3.8, 4) is 6.07 Å². The number of rotatable bonds is 5. The molecule has 0 aromatic heterocycles. The van der Waals surface area contributed by atoms with Crippen LogP contribution < -0.4 is 0 Å². The zero-order valence-corrected chi connectivity index (χ0v) is 10.0. The molecule has 2 unspecified atom stereocenters. The molecule has 2 atom stereocenters. The van der Waals surface area contributed by atoms with E-state index in [2.05, 4.69) is 4.74 Å². The number of aliphatic hydroxyl groups is 2. The first kappa shape index (κ1) is 14.2. The van der Waals surface area contributed by atoms with E-state index < -0.39 is 18.2 Å². The summed E-state index contributed by atoms with van der Waals surface area (Å²) in [5.41, 5.74) is 1.01. The van der Waals surface area contributed by atoms with Crippen LogP contribution in [0.5, 0.6) is 0 Å². The Kier molecular flexibility index (Phi) is 5.31. The predicted molar refractivity (Wildman–Crippen MR) is 63.4 cm³/mol. The van der Waals surface area contributed by atoms with Crippen LogP contribution in [0.15, 0.2) is 24.3 Å². The highest BCUT2D eigenvalue weighted by Crippen LogP contribution is 2.23. The van der Waals surface area contributed by atoms with Crippen LogP contribution in [0, 0.1) is 11.3 Å².